The lowest BCUT2D eigenvalue weighted by Gasteiger charge is -2.34. The van der Waals surface area contributed by atoms with Crippen LogP contribution in [0, 0.1) is 12.7 Å². The van der Waals surface area contributed by atoms with E-state index in [0.29, 0.717) is 25.6 Å². The molecular formula is C16H17ClFN3O2. The molecule has 0 saturated carbocycles. The number of carbonyl (C=O) groups is 1. The van der Waals surface area contributed by atoms with Crippen LogP contribution in [-0.4, -0.2) is 40.5 Å². The average molecular weight is 338 g/mol. The molecule has 1 amide bonds. The van der Waals surface area contributed by atoms with Crippen molar-refractivity contribution in [3.8, 4) is 0 Å². The minimum absolute atomic E-state index is 0.0816. The number of halogens is 2. The zero-order valence-corrected chi connectivity index (χ0v) is 13.4. The van der Waals surface area contributed by atoms with Crippen molar-refractivity contribution < 1.29 is 13.9 Å². The number of aromatic amines is 1. The van der Waals surface area contributed by atoms with E-state index < -0.39 is 5.82 Å². The summed E-state index contributed by atoms with van der Waals surface area (Å²) in [4.78, 5) is 21.8. The van der Waals surface area contributed by atoms with Gasteiger partial charge in [0.25, 0.3) is 0 Å². The van der Waals surface area contributed by atoms with Crippen LogP contribution in [0.1, 0.15) is 23.1 Å². The maximum absolute atomic E-state index is 13.9. The van der Waals surface area contributed by atoms with Crippen molar-refractivity contribution in [2.75, 3.05) is 19.8 Å². The van der Waals surface area contributed by atoms with Crippen molar-refractivity contribution in [3.05, 3.63) is 52.3 Å². The summed E-state index contributed by atoms with van der Waals surface area (Å²) in [6.45, 7) is 3.15. The van der Waals surface area contributed by atoms with Gasteiger partial charge in [0.15, 0.2) is 0 Å². The van der Waals surface area contributed by atoms with Crippen molar-refractivity contribution in [1.29, 1.82) is 0 Å². The highest BCUT2D eigenvalue weighted by Crippen LogP contribution is 2.25. The van der Waals surface area contributed by atoms with E-state index >= 15 is 0 Å². The number of nitrogens with one attached hydrogen (secondary N) is 1. The maximum atomic E-state index is 13.9. The monoisotopic (exact) mass is 337 g/mol. The highest BCUT2D eigenvalue weighted by atomic mass is 35.5. The molecule has 1 saturated heterocycles. The molecule has 7 heteroatoms. The number of rotatable bonds is 3. The SMILES string of the molecule is Cc1cnc([C@@H]2COCCN2C(=O)Cc2c(F)cccc2Cl)[nH]1. The Morgan fingerprint density at radius 1 is 1.57 bits per heavy atom. The number of nitrogens with zero attached hydrogens (tertiary/aromatic N) is 2. The molecule has 1 aliphatic rings. The van der Waals surface area contributed by atoms with E-state index in [2.05, 4.69) is 9.97 Å². The fourth-order valence-corrected chi connectivity index (χ4v) is 2.91. The summed E-state index contributed by atoms with van der Waals surface area (Å²) in [5.74, 6) is 0.0130. The van der Waals surface area contributed by atoms with Gasteiger partial charge in [0.2, 0.25) is 5.91 Å². The number of hydrogen-bond acceptors (Lipinski definition) is 3. The van der Waals surface area contributed by atoms with Gasteiger partial charge in [-0.15, -0.1) is 0 Å². The van der Waals surface area contributed by atoms with E-state index in [1.807, 2.05) is 6.92 Å². The minimum Gasteiger partial charge on any atom is -0.377 e. The first-order chi connectivity index (χ1) is 11.1. The normalized spacial score (nSPS) is 18.2. The molecule has 0 aliphatic carbocycles. The summed E-state index contributed by atoms with van der Waals surface area (Å²) in [6, 6.07) is 4.12. The molecule has 0 unspecified atom stereocenters. The first-order valence-corrected chi connectivity index (χ1v) is 7.75. The molecule has 3 rings (SSSR count). The number of carbonyl (C=O) groups excluding carboxylic acids is 1. The molecule has 1 N–H and O–H groups in total. The summed E-state index contributed by atoms with van der Waals surface area (Å²) in [5, 5.41) is 0.261. The van der Waals surface area contributed by atoms with Gasteiger partial charge in [0, 0.05) is 29.0 Å². The lowest BCUT2D eigenvalue weighted by atomic mass is 10.1. The van der Waals surface area contributed by atoms with Gasteiger partial charge in [0.1, 0.15) is 17.7 Å². The van der Waals surface area contributed by atoms with E-state index in [0.717, 1.165) is 5.69 Å². The predicted octanol–water partition coefficient (Wildman–Crippen LogP) is 2.65. The molecule has 1 fully saturated rings. The largest absolute Gasteiger partial charge is 0.377 e. The quantitative estimate of drug-likeness (QED) is 0.936. The number of amides is 1. The van der Waals surface area contributed by atoms with Crippen molar-refractivity contribution in [1.82, 2.24) is 14.9 Å². The second-order valence-corrected chi connectivity index (χ2v) is 5.91. The summed E-state index contributed by atoms with van der Waals surface area (Å²) in [6.07, 6.45) is 1.63. The molecule has 1 atom stereocenters. The van der Waals surface area contributed by atoms with Crippen LogP contribution in [0.4, 0.5) is 4.39 Å². The van der Waals surface area contributed by atoms with Crippen LogP contribution in [0.2, 0.25) is 5.02 Å². The molecule has 5 nitrogen and oxygen atoms in total. The van der Waals surface area contributed by atoms with Crippen LogP contribution in [0.15, 0.2) is 24.4 Å². The van der Waals surface area contributed by atoms with Crippen LogP contribution in [0.25, 0.3) is 0 Å². The smallest absolute Gasteiger partial charge is 0.227 e. The number of aryl methyl sites for hydroxylation is 1. The standard InChI is InChI=1S/C16H17ClFN3O2/c1-10-8-19-16(20-10)14-9-23-6-5-21(14)15(22)7-11-12(17)3-2-4-13(11)18/h2-4,8,14H,5-7,9H2,1H3,(H,19,20)/t14-/m0/s1. The van der Waals surface area contributed by atoms with Gasteiger partial charge in [-0.05, 0) is 19.1 Å². The molecule has 0 bridgehead atoms. The zero-order valence-electron chi connectivity index (χ0n) is 12.7. The third-order valence-electron chi connectivity index (χ3n) is 3.88. The Hall–Kier alpha value is -1.92. The molecule has 1 aromatic heterocycles. The molecule has 1 aliphatic heterocycles. The summed E-state index contributed by atoms with van der Waals surface area (Å²) >= 11 is 6.02. The Labute approximate surface area is 138 Å². The third-order valence-corrected chi connectivity index (χ3v) is 4.23. The number of morpholine rings is 1. The fraction of sp³-hybridized carbons (Fsp3) is 0.375. The molecule has 122 valence electrons. The Balaban J connectivity index is 1.82. The zero-order chi connectivity index (χ0) is 16.4. The first-order valence-electron chi connectivity index (χ1n) is 7.38. The van der Waals surface area contributed by atoms with Gasteiger partial charge in [-0.25, -0.2) is 9.37 Å². The maximum Gasteiger partial charge on any atom is 0.227 e. The number of imidazole rings is 1. The topological polar surface area (TPSA) is 58.2 Å². The number of H-pyrrole nitrogens is 1. The van der Waals surface area contributed by atoms with E-state index in [1.165, 1.54) is 12.1 Å². The average Bonchev–Trinajstić information content (AvgIpc) is 2.97. The Bertz CT molecular complexity index is 699. The summed E-state index contributed by atoms with van der Waals surface area (Å²) in [5.41, 5.74) is 1.13. The van der Waals surface area contributed by atoms with Crippen molar-refractivity contribution in [2.45, 2.75) is 19.4 Å². The second-order valence-electron chi connectivity index (χ2n) is 5.51. The predicted molar refractivity (Wildman–Crippen MR) is 83.7 cm³/mol. The Morgan fingerprint density at radius 2 is 2.39 bits per heavy atom. The van der Waals surface area contributed by atoms with E-state index in [-0.39, 0.29) is 29.0 Å². The number of aromatic nitrogens is 2. The second kappa shape index (κ2) is 6.68. The molecule has 23 heavy (non-hydrogen) atoms. The molecule has 1 aromatic carbocycles. The molecule has 0 radical (unpaired) electrons. The van der Waals surface area contributed by atoms with Gasteiger partial charge in [-0.3, -0.25) is 4.79 Å². The Morgan fingerprint density at radius 3 is 3.09 bits per heavy atom. The number of hydrogen-bond donors (Lipinski definition) is 1. The minimum atomic E-state index is -0.468. The first kappa shape index (κ1) is 16.0. The summed E-state index contributed by atoms with van der Waals surface area (Å²) < 4.78 is 19.4. The lowest BCUT2D eigenvalue weighted by Crippen LogP contribution is -2.44. The molecule has 0 spiro atoms. The van der Waals surface area contributed by atoms with Crippen molar-refractivity contribution >= 4 is 17.5 Å². The van der Waals surface area contributed by atoms with E-state index in [9.17, 15) is 9.18 Å². The van der Waals surface area contributed by atoms with Crippen LogP contribution in [0.5, 0.6) is 0 Å². The van der Waals surface area contributed by atoms with Gasteiger partial charge in [-0.1, -0.05) is 17.7 Å². The highest BCUT2D eigenvalue weighted by molar-refractivity contribution is 6.31. The molecule has 2 aromatic rings. The van der Waals surface area contributed by atoms with Gasteiger partial charge < -0.3 is 14.6 Å². The van der Waals surface area contributed by atoms with Crippen molar-refractivity contribution in [2.24, 2.45) is 0 Å². The number of ether oxygens (including phenoxy) is 1. The van der Waals surface area contributed by atoms with Gasteiger partial charge in [0.05, 0.1) is 19.6 Å². The highest BCUT2D eigenvalue weighted by Gasteiger charge is 2.31. The third kappa shape index (κ3) is 3.38. The number of benzene rings is 1. The fourth-order valence-electron chi connectivity index (χ4n) is 2.68. The van der Waals surface area contributed by atoms with Crippen LogP contribution >= 0.6 is 11.6 Å². The Kier molecular flexibility index (Phi) is 4.63. The molecular weight excluding hydrogens is 321 g/mol. The van der Waals surface area contributed by atoms with Gasteiger partial charge >= 0.3 is 0 Å². The molecule has 2 heterocycles. The summed E-state index contributed by atoms with van der Waals surface area (Å²) in [7, 11) is 0. The lowest BCUT2D eigenvalue weighted by molar-refractivity contribution is -0.139. The van der Waals surface area contributed by atoms with Crippen molar-refractivity contribution in [3.63, 3.8) is 0 Å². The van der Waals surface area contributed by atoms with Crippen LogP contribution in [-0.2, 0) is 16.0 Å². The van der Waals surface area contributed by atoms with E-state index in [4.69, 9.17) is 16.3 Å². The van der Waals surface area contributed by atoms with Crippen LogP contribution < -0.4 is 0 Å². The van der Waals surface area contributed by atoms with E-state index in [1.54, 1.807) is 17.2 Å². The van der Waals surface area contributed by atoms with Crippen LogP contribution in [0.3, 0.4) is 0 Å². The van der Waals surface area contributed by atoms with Gasteiger partial charge in [-0.2, -0.15) is 0 Å².